The number of hydrogen-bond acceptors (Lipinski definition) is 4. The molecule has 0 bridgehead atoms. The van der Waals surface area contributed by atoms with Crippen LogP contribution in [0.5, 0.6) is 0 Å². The van der Waals surface area contributed by atoms with Crippen LogP contribution in [-0.2, 0) is 6.54 Å². The van der Waals surface area contributed by atoms with Gasteiger partial charge in [0.25, 0.3) is 0 Å². The normalized spacial score (nSPS) is 15.5. The first-order valence-corrected chi connectivity index (χ1v) is 12.9. The maximum atomic E-state index is 4.36. The minimum absolute atomic E-state index is 0.234. The fraction of sp³-hybridized carbons (Fsp3) is 0.355. The van der Waals surface area contributed by atoms with E-state index in [2.05, 4.69) is 126 Å². The highest BCUT2D eigenvalue weighted by atomic mass is 15.3. The Kier molecular flexibility index (Phi) is 8.62. The second-order valence-electron chi connectivity index (χ2n) is 9.45. The predicted molar refractivity (Wildman–Crippen MR) is 150 cm³/mol. The fourth-order valence-corrected chi connectivity index (χ4v) is 4.96. The number of anilines is 1. The zero-order chi connectivity index (χ0) is 24.6. The van der Waals surface area contributed by atoms with Crippen LogP contribution in [0, 0.1) is 0 Å². The molecule has 184 valence electrons. The van der Waals surface area contributed by atoms with Crippen LogP contribution in [-0.4, -0.2) is 61.0 Å². The molecular formula is C31H40N4. The number of hydrogen-bond donors (Lipinski definition) is 1. The zero-order valence-corrected chi connectivity index (χ0v) is 21.6. The Morgan fingerprint density at radius 3 is 2.20 bits per heavy atom. The van der Waals surface area contributed by atoms with Gasteiger partial charge in [0.2, 0.25) is 0 Å². The number of nitrogens with zero attached hydrogens (tertiary/aromatic N) is 3. The van der Waals surface area contributed by atoms with E-state index in [1.807, 2.05) is 0 Å². The Labute approximate surface area is 211 Å². The molecule has 1 fully saturated rings. The van der Waals surface area contributed by atoms with Crippen molar-refractivity contribution in [3.63, 3.8) is 0 Å². The lowest BCUT2D eigenvalue weighted by molar-refractivity contribution is 0.127. The van der Waals surface area contributed by atoms with Gasteiger partial charge in [0.1, 0.15) is 0 Å². The highest BCUT2D eigenvalue weighted by molar-refractivity contribution is 5.62. The van der Waals surface area contributed by atoms with Gasteiger partial charge in [-0.2, -0.15) is 0 Å². The Balaban J connectivity index is 1.59. The van der Waals surface area contributed by atoms with Gasteiger partial charge in [-0.3, -0.25) is 4.90 Å². The lowest BCUT2D eigenvalue weighted by atomic mass is 9.94. The molecule has 0 radical (unpaired) electrons. The summed E-state index contributed by atoms with van der Waals surface area (Å²) in [6, 6.07) is 28.9. The third-order valence-corrected chi connectivity index (χ3v) is 7.15. The van der Waals surface area contributed by atoms with Gasteiger partial charge in [-0.25, -0.2) is 0 Å². The maximum Gasteiger partial charge on any atom is 0.0603 e. The van der Waals surface area contributed by atoms with Crippen molar-refractivity contribution >= 4 is 11.4 Å². The molecule has 1 aliphatic rings. The number of benzene rings is 3. The lowest BCUT2D eigenvalue weighted by Crippen LogP contribution is -2.46. The molecule has 0 unspecified atom stereocenters. The SMILES string of the molecule is C=C(c1ccc([C@@H](c2cccc(NCc3ccccc3)c2)N2CCN(C)CC2)cc1)N(CC)CC. The number of piperazine rings is 1. The smallest absolute Gasteiger partial charge is 0.0603 e. The van der Waals surface area contributed by atoms with Crippen molar-refractivity contribution in [3.8, 4) is 0 Å². The minimum atomic E-state index is 0.234. The molecule has 0 saturated carbocycles. The van der Waals surface area contributed by atoms with E-state index >= 15 is 0 Å². The molecule has 3 aromatic carbocycles. The van der Waals surface area contributed by atoms with Crippen LogP contribution in [0.2, 0.25) is 0 Å². The predicted octanol–water partition coefficient (Wildman–Crippen LogP) is 5.95. The maximum absolute atomic E-state index is 4.36. The molecule has 35 heavy (non-hydrogen) atoms. The first-order chi connectivity index (χ1) is 17.1. The topological polar surface area (TPSA) is 21.8 Å². The molecule has 3 aromatic rings. The Morgan fingerprint density at radius 1 is 0.857 bits per heavy atom. The summed E-state index contributed by atoms with van der Waals surface area (Å²) in [7, 11) is 2.22. The second kappa shape index (κ2) is 12.1. The number of rotatable bonds is 10. The van der Waals surface area contributed by atoms with E-state index < -0.39 is 0 Å². The van der Waals surface area contributed by atoms with E-state index in [0.717, 1.165) is 57.2 Å². The second-order valence-corrected chi connectivity index (χ2v) is 9.45. The molecule has 4 nitrogen and oxygen atoms in total. The quantitative estimate of drug-likeness (QED) is 0.397. The summed E-state index contributed by atoms with van der Waals surface area (Å²) < 4.78 is 0. The van der Waals surface area contributed by atoms with Gasteiger partial charge in [0.05, 0.1) is 6.04 Å². The van der Waals surface area contributed by atoms with Crippen LogP contribution < -0.4 is 5.32 Å². The van der Waals surface area contributed by atoms with E-state index in [9.17, 15) is 0 Å². The molecule has 1 atom stereocenters. The average Bonchev–Trinajstić information content (AvgIpc) is 2.91. The lowest BCUT2D eigenvalue weighted by Gasteiger charge is -2.38. The van der Waals surface area contributed by atoms with Gasteiger partial charge in [-0.15, -0.1) is 0 Å². The summed E-state index contributed by atoms with van der Waals surface area (Å²) in [6.07, 6.45) is 0. The summed E-state index contributed by atoms with van der Waals surface area (Å²) in [6.45, 7) is 15.8. The molecule has 4 rings (SSSR count). The third-order valence-electron chi connectivity index (χ3n) is 7.15. The van der Waals surface area contributed by atoms with Crippen molar-refractivity contribution in [2.45, 2.75) is 26.4 Å². The van der Waals surface area contributed by atoms with Crippen molar-refractivity contribution in [1.29, 1.82) is 0 Å². The van der Waals surface area contributed by atoms with Gasteiger partial charge >= 0.3 is 0 Å². The molecule has 1 N–H and O–H groups in total. The zero-order valence-electron chi connectivity index (χ0n) is 21.6. The van der Waals surface area contributed by atoms with Crippen LogP contribution in [0.15, 0.2) is 85.4 Å². The van der Waals surface area contributed by atoms with Crippen LogP contribution >= 0.6 is 0 Å². The highest BCUT2D eigenvalue weighted by Crippen LogP contribution is 2.32. The molecule has 0 spiro atoms. The van der Waals surface area contributed by atoms with Crippen molar-refractivity contribution in [3.05, 3.63) is 108 Å². The van der Waals surface area contributed by atoms with Crippen molar-refractivity contribution < 1.29 is 0 Å². The number of likely N-dealkylation sites (N-methyl/N-ethyl adjacent to an activating group) is 1. The minimum Gasteiger partial charge on any atom is -0.381 e. The third kappa shape index (κ3) is 6.33. The fourth-order valence-electron chi connectivity index (χ4n) is 4.96. The first-order valence-electron chi connectivity index (χ1n) is 12.9. The molecule has 1 heterocycles. The largest absolute Gasteiger partial charge is 0.381 e. The Bertz CT molecular complexity index is 1060. The summed E-state index contributed by atoms with van der Waals surface area (Å²) in [5.74, 6) is 0. The molecular weight excluding hydrogens is 428 g/mol. The Hall–Kier alpha value is -3.08. The van der Waals surface area contributed by atoms with Gasteiger partial charge in [0.15, 0.2) is 0 Å². The van der Waals surface area contributed by atoms with E-state index in [1.54, 1.807) is 0 Å². The standard InChI is InChI=1S/C31H40N4/c1-5-34(6-2)25(3)27-15-17-28(18-16-27)31(35-21-19-33(4)20-22-35)29-13-10-14-30(23-29)32-24-26-11-8-7-9-12-26/h7-18,23,31-32H,3,5-6,19-22,24H2,1-2,4H3/t31-/m0/s1. The summed E-state index contributed by atoms with van der Waals surface area (Å²) in [5.41, 5.74) is 7.43. The molecule has 0 amide bonds. The first kappa shape index (κ1) is 25.0. The van der Waals surface area contributed by atoms with Crippen LogP contribution in [0.3, 0.4) is 0 Å². The van der Waals surface area contributed by atoms with Gasteiger partial charge in [0, 0.05) is 57.2 Å². The van der Waals surface area contributed by atoms with Crippen LogP contribution in [0.1, 0.15) is 42.1 Å². The molecule has 1 saturated heterocycles. The average molecular weight is 469 g/mol. The molecule has 4 heteroatoms. The van der Waals surface area contributed by atoms with E-state index in [-0.39, 0.29) is 6.04 Å². The van der Waals surface area contributed by atoms with Gasteiger partial charge in [-0.1, -0.05) is 73.3 Å². The molecule has 1 aliphatic heterocycles. The van der Waals surface area contributed by atoms with Crippen LogP contribution in [0.25, 0.3) is 5.70 Å². The Morgan fingerprint density at radius 2 is 1.54 bits per heavy atom. The number of nitrogens with one attached hydrogen (secondary N) is 1. The van der Waals surface area contributed by atoms with E-state index in [0.29, 0.717) is 0 Å². The summed E-state index contributed by atoms with van der Waals surface area (Å²) in [5, 5.41) is 3.62. The summed E-state index contributed by atoms with van der Waals surface area (Å²) >= 11 is 0. The van der Waals surface area contributed by atoms with Crippen LogP contribution in [0.4, 0.5) is 5.69 Å². The summed E-state index contributed by atoms with van der Waals surface area (Å²) in [4.78, 5) is 7.36. The molecule has 0 aliphatic carbocycles. The van der Waals surface area contributed by atoms with Crippen molar-refractivity contribution in [1.82, 2.24) is 14.7 Å². The highest BCUT2D eigenvalue weighted by Gasteiger charge is 2.26. The van der Waals surface area contributed by atoms with Gasteiger partial charge < -0.3 is 15.1 Å². The van der Waals surface area contributed by atoms with E-state index in [1.165, 1.54) is 22.3 Å². The van der Waals surface area contributed by atoms with Crippen molar-refractivity contribution in [2.24, 2.45) is 0 Å². The van der Waals surface area contributed by atoms with E-state index in [4.69, 9.17) is 0 Å². The van der Waals surface area contributed by atoms with Gasteiger partial charge in [-0.05, 0) is 55.3 Å². The molecule has 0 aromatic heterocycles. The van der Waals surface area contributed by atoms with Crippen molar-refractivity contribution in [2.75, 3.05) is 51.6 Å². The monoisotopic (exact) mass is 468 g/mol.